The van der Waals surface area contributed by atoms with Gasteiger partial charge in [0.1, 0.15) is 11.9 Å². The number of methoxy groups -OCH3 is 3. The van der Waals surface area contributed by atoms with Gasteiger partial charge >= 0.3 is 0 Å². The molecule has 1 rings (SSSR count). The minimum absolute atomic E-state index is 0.404. The Labute approximate surface area is 105 Å². The van der Waals surface area contributed by atoms with Crippen LogP contribution in [0, 0.1) is 0 Å². The van der Waals surface area contributed by atoms with E-state index in [1.54, 1.807) is 12.1 Å². The molecule has 1 amide bonds. The molecule has 6 nitrogen and oxygen atoms in total. The molecule has 0 bridgehead atoms. The van der Waals surface area contributed by atoms with Gasteiger partial charge in [0.2, 0.25) is 0 Å². The number of carbonyl (C=O) groups is 1. The Morgan fingerprint density at radius 2 is 1.61 bits per heavy atom. The predicted octanol–water partition coefficient (Wildman–Crippen LogP) is 1.03. The van der Waals surface area contributed by atoms with Gasteiger partial charge in [-0.2, -0.15) is 0 Å². The molecule has 1 unspecified atom stereocenters. The van der Waals surface area contributed by atoms with E-state index in [2.05, 4.69) is 5.32 Å². The van der Waals surface area contributed by atoms with Crippen molar-refractivity contribution >= 4 is 11.6 Å². The third kappa shape index (κ3) is 3.04. The van der Waals surface area contributed by atoms with Crippen LogP contribution in [0.25, 0.3) is 0 Å². The number of carbonyl (C=O) groups excluding carboxylic acids is 1. The molecule has 0 spiro atoms. The molecule has 1 aromatic rings. The first kappa shape index (κ1) is 14.1. The van der Waals surface area contributed by atoms with Crippen molar-refractivity contribution < 1.29 is 24.1 Å². The van der Waals surface area contributed by atoms with Crippen molar-refractivity contribution in [2.45, 2.75) is 13.0 Å². The highest BCUT2D eigenvalue weighted by Gasteiger charge is 2.16. The normalized spacial score (nSPS) is 11.6. The fourth-order valence-corrected chi connectivity index (χ4v) is 1.36. The summed E-state index contributed by atoms with van der Waals surface area (Å²) in [6.07, 6.45) is -1.11. The molecule has 100 valence electrons. The highest BCUT2D eigenvalue weighted by molar-refractivity contribution is 5.95. The van der Waals surface area contributed by atoms with Crippen LogP contribution in [-0.2, 0) is 4.79 Å². The SMILES string of the molecule is COc1cc(OC)c(OC)cc1NC(=O)C(C)O. The summed E-state index contributed by atoms with van der Waals surface area (Å²) in [5.74, 6) is 0.839. The monoisotopic (exact) mass is 255 g/mol. The van der Waals surface area contributed by atoms with Gasteiger partial charge in [-0.3, -0.25) is 4.79 Å². The molecule has 2 N–H and O–H groups in total. The number of anilines is 1. The van der Waals surface area contributed by atoms with E-state index in [9.17, 15) is 4.79 Å². The van der Waals surface area contributed by atoms with E-state index < -0.39 is 12.0 Å². The number of aliphatic hydroxyl groups excluding tert-OH is 1. The molecule has 0 aromatic heterocycles. The van der Waals surface area contributed by atoms with Gasteiger partial charge < -0.3 is 24.6 Å². The lowest BCUT2D eigenvalue weighted by molar-refractivity contribution is -0.123. The Morgan fingerprint density at radius 1 is 1.11 bits per heavy atom. The van der Waals surface area contributed by atoms with Crippen molar-refractivity contribution in [1.29, 1.82) is 0 Å². The fourth-order valence-electron chi connectivity index (χ4n) is 1.36. The first-order valence-electron chi connectivity index (χ1n) is 5.32. The number of nitrogens with one attached hydrogen (secondary N) is 1. The lowest BCUT2D eigenvalue weighted by Gasteiger charge is -2.15. The average Bonchev–Trinajstić information content (AvgIpc) is 2.37. The lowest BCUT2D eigenvalue weighted by Crippen LogP contribution is -2.24. The van der Waals surface area contributed by atoms with Crippen molar-refractivity contribution in [2.75, 3.05) is 26.6 Å². The molecule has 6 heteroatoms. The van der Waals surface area contributed by atoms with E-state index in [4.69, 9.17) is 19.3 Å². The van der Waals surface area contributed by atoms with Crippen LogP contribution in [0.15, 0.2) is 12.1 Å². The van der Waals surface area contributed by atoms with Gasteiger partial charge in [0, 0.05) is 12.1 Å². The number of amides is 1. The van der Waals surface area contributed by atoms with Crippen LogP contribution in [0.4, 0.5) is 5.69 Å². The van der Waals surface area contributed by atoms with Crippen LogP contribution in [0.2, 0.25) is 0 Å². The van der Waals surface area contributed by atoms with Crippen molar-refractivity contribution in [2.24, 2.45) is 0 Å². The van der Waals surface area contributed by atoms with Crippen LogP contribution in [0.1, 0.15) is 6.92 Å². The second kappa shape index (κ2) is 6.11. The highest BCUT2D eigenvalue weighted by Crippen LogP contribution is 2.37. The Morgan fingerprint density at radius 3 is 2.06 bits per heavy atom. The van der Waals surface area contributed by atoms with Gasteiger partial charge in [-0.15, -0.1) is 0 Å². The number of aliphatic hydroxyl groups is 1. The smallest absolute Gasteiger partial charge is 0.253 e. The topological polar surface area (TPSA) is 77.0 Å². The van der Waals surface area contributed by atoms with E-state index in [1.165, 1.54) is 28.3 Å². The van der Waals surface area contributed by atoms with Crippen molar-refractivity contribution in [1.82, 2.24) is 0 Å². The van der Waals surface area contributed by atoms with Gasteiger partial charge in [0.25, 0.3) is 5.91 Å². The maximum Gasteiger partial charge on any atom is 0.253 e. The van der Waals surface area contributed by atoms with Crippen molar-refractivity contribution in [3.8, 4) is 17.2 Å². The Kier molecular flexibility index (Phi) is 4.79. The van der Waals surface area contributed by atoms with E-state index in [0.29, 0.717) is 22.9 Å². The van der Waals surface area contributed by atoms with Gasteiger partial charge in [0.15, 0.2) is 11.5 Å². The minimum Gasteiger partial charge on any atom is -0.494 e. The van der Waals surface area contributed by atoms with Crippen molar-refractivity contribution in [3.05, 3.63) is 12.1 Å². The molecule has 0 saturated heterocycles. The van der Waals surface area contributed by atoms with Crippen LogP contribution < -0.4 is 19.5 Å². The Balaban J connectivity index is 3.13. The number of benzene rings is 1. The van der Waals surface area contributed by atoms with E-state index in [-0.39, 0.29) is 0 Å². The zero-order valence-corrected chi connectivity index (χ0v) is 10.8. The molecule has 0 fully saturated rings. The largest absolute Gasteiger partial charge is 0.494 e. The molecular formula is C12H17NO5. The predicted molar refractivity (Wildman–Crippen MR) is 66.4 cm³/mol. The molecule has 0 aliphatic carbocycles. The number of hydrogen-bond acceptors (Lipinski definition) is 5. The maximum absolute atomic E-state index is 11.4. The second-order valence-electron chi connectivity index (χ2n) is 3.57. The molecule has 1 aromatic carbocycles. The second-order valence-corrected chi connectivity index (χ2v) is 3.57. The summed E-state index contributed by atoms with van der Waals surface area (Å²) in [4.78, 5) is 11.4. The highest BCUT2D eigenvalue weighted by atomic mass is 16.5. The molecule has 18 heavy (non-hydrogen) atoms. The number of rotatable bonds is 5. The van der Waals surface area contributed by atoms with E-state index in [1.807, 2.05) is 0 Å². The Bertz CT molecular complexity index is 431. The minimum atomic E-state index is -1.11. The van der Waals surface area contributed by atoms with Crippen LogP contribution in [-0.4, -0.2) is 38.4 Å². The van der Waals surface area contributed by atoms with Crippen LogP contribution >= 0.6 is 0 Å². The summed E-state index contributed by atoms with van der Waals surface area (Å²) in [6.45, 7) is 1.38. The van der Waals surface area contributed by atoms with Crippen LogP contribution in [0.5, 0.6) is 17.2 Å². The van der Waals surface area contributed by atoms with Gasteiger partial charge in [-0.05, 0) is 6.92 Å². The zero-order chi connectivity index (χ0) is 13.7. The lowest BCUT2D eigenvalue weighted by atomic mass is 10.2. The number of ether oxygens (including phenoxy) is 3. The standard InChI is InChI=1S/C12H17NO5/c1-7(14)12(15)13-8-5-10(17-3)11(18-4)6-9(8)16-2/h5-7,14H,1-4H3,(H,13,15). The fraction of sp³-hybridized carbons (Fsp3) is 0.417. The third-order valence-electron chi connectivity index (χ3n) is 2.34. The summed E-state index contributed by atoms with van der Waals surface area (Å²) in [7, 11) is 4.47. The van der Waals surface area contributed by atoms with E-state index in [0.717, 1.165) is 0 Å². The summed E-state index contributed by atoms with van der Waals surface area (Å²) < 4.78 is 15.4. The van der Waals surface area contributed by atoms with Gasteiger partial charge in [-0.1, -0.05) is 0 Å². The molecule has 0 aliphatic heterocycles. The maximum atomic E-state index is 11.4. The van der Waals surface area contributed by atoms with Gasteiger partial charge in [0.05, 0.1) is 27.0 Å². The summed E-state index contributed by atoms with van der Waals surface area (Å²) in [5, 5.41) is 11.7. The first-order valence-corrected chi connectivity index (χ1v) is 5.32. The average molecular weight is 255 g/mol. The summed E-state index contributed by atoms with van der Waals surface area (Å²) >= 11 is 0. The zero-order valence-electron chi connectivity index (χ0n) is 10.8. The summed E-state index contributed by atoms with van der Waals surface area (Å²) in [5.41, 5.74) is 0.404. The number of hydrogen-bond donors (Lipinski definition) is 2. The van der Waals surface area contributed by atoms with Crippen molar-refractivity contribution in [3.63, 3.8) is 0 Å². The molecule has 0 saturated carbocycles. The molecule has 0 aliphatic rings. The van der Waals surface area contributed by atoms with Crippen LogP contribution in [0.3, 0.4) is 0 Å². The first-order chi connectivity index (χ1) is 8.53. The van der Waals surface area contributed by atoms with E-state index >= 15 is 0 Å². The molecule has 0 heterocycles. The molecular weight excluding hydrogens is 238 g/mol. The quantitative estimate of drug-likeness (QED) is 0.821. The Hall–Kier alpha value is -1.95. The molecule has 0 radical (unpaired) electrons. The third-order valence-corrected chi connectivity index (χ3v) is 2.34. The van der Waals surface area contributed by atoms with Gasteiger partial charge in [-0.25, -0.2) is 0 Å². The summed E-state index contributed by atoms with van der Waals surface area (Å²) in [6, 6.07) is 3.16. The molecule has 1 atom stereocenters.